The van der Waals surface area contributed by atoms with Gasteiger partial charge in [-0.2, -0.15) is 0 Å². The van der Waals surface area contributed by atoms with E-state index in [0.29, 0.717) is 30.2 Å². The fraction of sp³-hybridized carbons (Fsp3) is 0.333. The van der Waals surface area contributed by atoms with Crippen molar-refractivity contribution in [1.29, 1.82) is 0 Å². The molecule has 0 spiro atoms. The van der Waals surface area contributed by atoms with Gasteiger partial charge in [-0.3, -0.25) is 24.6 Å². The van der Waals surface area contributed by atoms with Crippen LogP contribution < -0.4 is 5.32 Å². The molecule has 1 heterocycles. The minimum Gasteiger partial charge on any atom is -0.480 e. The zero-order valence-electron chi connectivity index (χ0n) is 15.0. The minimum absolute atomic E-state index is 0.0696. The van der Waals surface area contributed by atoms with Crippen LogP contribution in [0.1, 0.15) is 19.6 Å². The molecule has 0 radical (unpaired) electrons. The Kier molecular flexibility index (Phi) is 6.67. The second-order valence-corrected chi connectivity index (χ2v) is 6.01. The Bertz CT molecular complexity index is 832. The van der Waals surface area contributed by atoms with Gasteiger partial charge in [-0.1, -0.05) is 12.1 Å². The highest BCUT2D eigenvalue weighted by Gasteiger charge is 2.23. The van der Waals surface area contributed by atoms with E-state index in [1.165, 1.54) is 13.0 Å². The lowest BCUT2D eigenvalue weighted by Gasteiger charge is -2.25. The van der Waals surface area contributed by atoms with Gasteiger partial charge in [0.25, 0.3) is 5.69 Å². The third kappa shape index (κ3) is 5.38. The second-order valence-electron chi connectivity index (χ2n) is 6.01. The summed E-state index contributed by atoms with van der Waals surface area (Å²) in [6.07, 6.45) is 0. The van der Waals surface area contributed by atoms with Crippen molar-refractivity contribution in [3.8, 4) is 11.3 Å². The van der Waals surface area contributed by atoms with Gasteiger partial charge in [0.1, 0.15) is 17.6 Å². The zero-order chi connectivity index (χ0) is 20.0. The molecule has 1 unspecified atom stereocenters. The summed E-state index contributed by atoms with van der Waals surface area (Å²) in [7, 11) is 0. The summed E-state index contributed by atoms with van der Waals surface area (Å²) in [5.74, 6) is -0.390. The van der Waals surface area contributed by atoms with Gasteiger partial charge in [0.15, 0.2) is 0 Å². The van der Waals surface area contributed by atoms with Crippen LogP contribution in [-0.2, 0) is 16.1 Å². The number of nitrogens with one attached hydrogen (secondary N) is 1. The molecule has 9 nitrogen and oxygen atoms in total. The predicted octanol–water partition coefficient (Wildman–Crippen LogP) is 2.27. The lowest BCUT2D eigenvalue weighted by molar-refractivity contribution is -0.384. The number of carbonyl (C=O) groups is 2. The Morgan fingerprint density at radius 3 is 2.63 bits per heavy atom. The Morgan fingerprint density at radius 1 is 1.30 bits per heavy atom. The Labute approximate surface area is 155 Å². The van der Waals surface area contributed by atoms with Gasteiger partial charge in [0, 0.05) is 26.1 Å². The number of para-hydroxylation sites is 1. The SMILES string of the molecule is CC(=O)NCCN(Cc1ccc(-c2ccccc2[N+](=O)[O-])o1)C(C)C(=O)O. The van der Waals surface area contributed by atoms with Crippen molar-refractivity contribution in [3.63, 3.8) is 0 Å². The summed E-state index contributed by atoms with van der Waals surface area (Å²) in [6.45, 7) is 3.73. The fourth-order valence-electron chi connectivity index (χ4n) is 2.59. The third-order valence-corrected chi connectivity index (χ3v) is 4.06. The van der Waals surface area contributed by atoms with E-state index in [1.807, 2.05) is 0 Å². The molecule has 1 aromatic carbocycles. The van der Waals surface area contributed by atoms with E-state index >= 15 is 0 Å². The number of nitro benzene ring substituents is 1. The Morgan fingerprint density at radius 2 is 2.00 bits per heavy atom. The minimum atomic E-state index is -0.997. The Balaban J connectivity index is 2.19. The number of nitrogens with zero attached hydrogens (tertiary/aromatic N) is 2. The van der Waals surface area contributed by atoms with Crippen molar-refractivity contribution < 1.29 is 24.0 Å². The molecule has 1 aromatic heterocycles. The number of amides is 1. The predicted molar refractivity (Wildman–Crippen MR) is 97.0 cm³/mol. The maximum absolute atomic E-state index is 11.3. The fourth-order valence-corrected chi connectivity index (χ4v) is 2.59. The molecule has 9 heteroatoms. The molecule has 0 aliphatic heterocycles. The van der Waals surface area contributed by atoms with Crippen LogP contribution in [0.25, 0.3) is 11.3 Å². The highest BCUT2D eigenvalue weighted by molar-refractivity contribution is 5.73. The molecule has 1 atom stereocenters. The maximum Gasteiger partial charge on any atom is 0.320 e. The molecule has 144 valence electrons. The number of nitro groups is 1. The van der Waals surface area contributed by atoms with E-state index < -0.39 is 16.9 Å². The number of hydrogen-bond acceptors (Lipinski definition) is 6. The molecule has 0 saturated carbocycles. The van der Waals surface area contributed by atoms with Crippen molar-refractivity contribution >= 4 is 17.6 Å². The highest BCUT2D eigenvalue weighted by atomic mass is 16.6. The molecule has 1 amide bonds. The van der Waals surface area contributed by atoms with Gasteiger partial charge < -0.3 is 14.8 Å². The maximum atomic E-state index is 11.3. The second kappa shape index (κ2) is 8.95. The summed E-state index contributed by atoms with van der Waals surface area (Å²) < 4.78 is 5.72. The van der Waals surface area contributed by atoms with E-state index in [1.54, 1.807) is 42.2 Å². The quantitative estimate of drug-likeness (QED) is 0.508. The first-order valence-corrected chi connectivity index (χ1v) is 8.33. The number of carbonyl (C=O) groups excluding carboxylic acids is 1. The lowest BCUT2D eigenvalue weighted by atomic mass is 10.1. The van der Waals surface area contributed by atoms with Crippen LogP contribution in [0.2, 0.25) is 0 Å². The van der Waals surface area contributed by atoms with Gasteiger partial charge in [0.05, 0.1) is 17.0 Å². The van der Waals surface area contributed by atoms with Crippen LogP contribution in [0.5, 0.6) is 0 Å². The average molecular weight is 375 g/mol. The first-order valence-electron chi connectivity index (χ1n) is 8.33. The van der Waals surface area contributed by atoms with Crippen molar-refractivity contribution in [1.82, 2.24) is 10.2 Å². The monoisotopic (exact) mass is 375 g/mol. The molecule has 2 aromatic rings. The molecule has 0 saturated heterocycles. The zero-order valence-corrected chi connectivity index (χ0v) is 15.0. The first kappa shape index (κ1) is 20.1. The number of aliphatic carboxylic acids is 1. The summed E-state index contributed by atoms with van der Waals surface area (Å²) >= 11 is 0. The van der Waals surface area contributed by atoms with Gasteiger partial charge in [-0.25, -0.2) is 0 Å². The summed E-state index contributed by atoms with van der Waals surface area (Å²) in [6, 6.07) is 8.72. The molecule has 0 bridgehead atoms. The lowest BCUT2D eigenvalue weighted by Crippen LogP contribution is -2.42. The number of hydrogen-bond donors (Lipinski definition) is 2. The standard InChI is InChI=1S/C18H21N3O6/c1-12(18(23)24)20(10-9-19-13(2)22)11-14-7-8-17(27-14)15-5-3-4-6-16(15)21(25)26/h3-8,12H,9-11H2,1-2H3,(H,19,22)(H,23,24). The van der Waals surface area contributed by atoms with Crippen molar-refractivity contribution in [2.45, 2.75) is 26.4 Å². The average Bonchev–Trinajstić information content (AvgIpc) is 3.08. The van der Waals surface area contributed by atoms with Crippen LogP contribution in [0.3, 0.4) is 0 Å². The van der Waals surface area contributed by atoms with Gasteiger partial charge in [-0.05, 0) is 25.1 Å². The van der Waals surface area contributed by atoms with Crippen molar-refractivity contribution in [3.05, 3.63) is 52.3 Å². The normalized spacial score (nSPS) is 12.0. The smallest absolute Gasteiger partial charge is 0.320 e. The number of rotatable bonds is 9. The molecular weight excluding hydrogens is 354 g/mol. The summed E-state index contributed by atoms with van der Waals surface area (Å²) in [4.78, 5) is 34.7. The molecular formula is C18H21N3O6. The van der Waals surface area contributed by atoms with Gasteiger partial charge in [-0.15, -0.1) is 0 Å². The van der Waals surface area contributed by atoms with E-state index in [-0.39, 0.29) is 18.1 Å². The van der Waals surface area contributed by atoms with E-state index in [4.69, 9.17) is 4.42 Å². The van der Waals surface area contributed by atoms with E-state index in [9.17, 15) is 24.8 Å². The number of furan rings is 1. The molecule has 2 N–H and O–H groups in total. The molecule has 0 aliphatic carbocycles. The largest absolute Gasteiger partial charge is 0.480 e. The van der Waals surface area contributed by atoms with E-state index in [2.05, 4.69) is 5.32 Å². The van der Waals surface area contributed by atoms with Crippen LogP contribution in [0.4, 0.5) is 5.69 Å². The van der Waals surface area contributed by atoms with Gasteiger partial charge >= 0.3 is 5.97 Å². The third-order valence-electron chi connectivity index (χ3n) is 4.06. The van der Waals surface area contributed by atoms with Crippen molar-refractivity contribution in [2.75, 3.05) is 13.1 Å². The van der Waals surface area contributed by atoms with Crippen LogP contribution >= 0.6 is 0 Å². The summed E-state index contributed by atoms with van der Waals surface area (Å²) in [5, 5.41) is 23.1. The van der Waals surface area contributed by atoms with Crippen molar-refractivity contribution in [2.24, 2.45) is 0 Å². The highest BCUT2D eigenvalue weighted by Crippen LogP contribution is 2.31. The topological polar surface area (TPSA) is 126 Å². The Hall–Kier alpha value is -3.20. The first-order chi connectivity index (χ1) is 12.8. The number of benzene rings is 1. The van der Waals surface area contributed by atoms with Crippen LogP contribution in [0, 0.1) is 10.1 Å². The molecule has 2 rings (SSSR count). The number of carboxylic acid groups (broad SMARTS) is 1. The number of carboxylic acids is 1. The molecule has 0 aliphatic rings. The van der Waals surface area contributed by atoms with Gasteiger partial charge in [0.2, 0.25) is 5.91 Å². The van der Waals surface area contributed by atoms with E-state index in [0.717, 1.165) is 0 Å². The van der Waals surface area contributed by atoms with Crippen LogP contribution in [-0.4, -0.2) is 45.9 Å². The molecule has 0 fully saturated rings. The summed E-state index contributed by atoms with van der Waals surface area (Å²) in [5.41, 5.74) is 0.282. The molecule has 27 heavy (non-hydrogen) atoms. The van der Waals surface area contributed by atoms with Crippen LogP contribution in [0.15, 0.2) is 40.8 Å².